The third-order valence-corrected chi connectivity index (χ3v) is 3.60. The van der Waals surface area contributed by atoms with Gasteiger partial charge in [-0.1, -0.05) is 0 Å². The minimum absolute atomic E-state index is 0.161. The number of hydrogen-bond donors (Lipinski definition) is 0. The molecule has 0 spiro atoms. The Morgan fingerprint density at radius 2 is 2.00 bits per heavy atom. The smallest absolute Gasteiger partial charge is 0.165 e. The van der Waals surface area contributed by atoms with Crippen LogP contribution in [0.15, 0.2) is 18.2 Å². The van der Waals surface area contributed by atoms with Gasteiger partial charge >= 0.3 is 0 Å². The first-order valence-corrected chi connectivity index (χ1v) is 6.78. The standard InChI is InChI=1S/C16H21FO3/c1-10(18)11-6-7-13(12(17)8-11)19-14-9-15(2,3)20-16(14,4)5/h6-8,14H,9H2,1-5H3. The highest BCUT2D eigenvalue weighted by molar-refractivity contribution is 5.94. The zero-order chi connectivity index (χ0) is 15.1. The number of halogens is 1. The van der Waals surface area contributed by atoms with E-state index in [0.29, 0.717) is 12.0 Å². The van der Waals surface area contributed by atoms with E-state index in [2.05, 4.69) is 0 Å². The van der Waals surface area contributed by atoms with Gasteiger partial charge in [-0.3, -0.25) is 4.79 Å². The van der Waals surface area contributed by atoms with Crippen molar-refractivity contribution in [1.29, 1.82) is 0 Å². The Bertz CT molecular complexity index is 535. The first-order chi connectivity index (χ1) is 9.11. The fraction of sp³-hybridized carbons (Fsp3) is 0.562. The van der Waals surface area contributed by atoms with E-state index in [1.807, 2.05) is 27.7 Å². The number of ether oxygens (including phenoxy) is 2. The SMILES string of the molecule is CC(=O)c1ccc(OC2CC(C)(C)OC2(C)C)c(F)c1. The number of ketones is 1. The van der Waals surface area contributed by atoms with E-state index in [0.717, 1.165) is 0 Å². The van der Waals surface area contributed by atoms with Crippen molar-refractivity contribution in [1.82, 2.24) is 0 Å². The van der Waals surface area contributed by atoms with Crippen molar-refractivity contribution in [3.05, 3.63) is 29.6 Å². The largest absolute Gasteiger partial charge is 0.484 e. The van der Waals surface area contributed by atoms with Gasteiger partial charge in [-0.2, -0.15) is 0 Å². The van der Waals surface area contributed by atoms with Gasteiger partial charge in [-0.15, -0.1) is 0 Å². The predicted molar refractivity (Wildman–Crippen MR) is 74.7 cm³/mol. The third kappa shape index (κ3) is 3.01. The maximum Gasteiger partial charge on any atom is 0.165 e. The summed E-state index contributed by atoms with van der Waals surface area (Å²) in [7, 11) is 0. The second-order valence-corrected chi connectivity index (χ2v) is 6.48. The number of benzene rings is 1. The molecule has 1 aliphatic rings. The Morgan fingerprint density at radius 3 is 2.45 bits per heavy atom. The van der Waals surface area contributed by atoms with Crippen LogP contribution < -0.4 is 4.74 Å². The second-order valence-electron chi connectivity index (χ2n) is 6.48. The van der Waals surface area contributed by atoms with Crippen molar-refractivity contribution in [3.63, 3.8) is 0 Å². The van der Waals surface area contributed by atoms with Gasteiger partial charge in [0, 0.05) is 12.0 Å². The van der Waals surface area contributed by atoms with Gasteiger partial charge in [0.25, 0.3) is 0 Å². The molecule has 20 heavy (non-hydrogen) atoms. The maximum absolute atomic E-state index is 14.0. The zero-order valence-corrected chi connectivity index (χ0v) is 12.6. The molecule has 1 aromatic rings. The van der Waals surface area contributed by atoms with Gasteiger partial charge in [-0.05, 0) is 52.8 Å². The van der Waals surface area contributed by atoms with Crippen LogP contribution in [-0.2, 0) is 4.74 Å². The summed E-state index contributed by atoms with van der Waals surface area (Å²) in [5.41, 5.74) is -0.420. The number of carbonyl (C=O) groups is 1. The molecule has 1 unspecified atom stereocenters. The van der Waals surface area contributed by atoms with Gasteiger partial charge < -0.3 is 9.47 Å². The minimum atomic E-state index is -0.516. The molecule has 2 rings (SSSR count). The number of rotatable bonds is 3. The lowest BCUT2D eigenvalue weighted by atomic mass is 9.97. The van der Waals surface area contributed by atoms with Gasteiger partial charge in [-0.25, -0.2) is 4.39 Å². The van der Waals surface area contributed by atoms with Crippen LogP contribution in [0.4, 0.5) is 4.39 Å². The van der Waals surface area contributed by atoms with Crippen molar-refractivity contribution >= 4 is 5.78 Å². The molecule has 0 N–H and O–H groups in total. The first kappa shape index (κ1) is 15.0. The summed E-state index contributed by atoms with van der Waals surface area (Å²) in [4.78, 5) is 11.2. The summed E-state index contributed by atoms with van der Waals surface area (Å²) in [5, 5.41) is 0. The van der Waals surface area contributed by atoms with E-state index in [-0.39, 0.29) is 23.2 Å². The van der Waals surface area contributed by atoms with E-state index < -0.39 is 11.4 Å². The average Bonchev–Trinajstić information content (AvgIpc) is 2.49. The summed E-state index contributed by atoms with van der Waals surface area (Å²) in [6, 6.07) is 4.30. The lowest BCUT2D eigenvalue weighted by molar-refractivity contribution is -0.0849. The van der Waals surface area contributed by atoms with Crippen molar-refractivity contribution in [2.24, 2.45) is 0 Å². The summed E-state index contributed by atoms with van der Waals surface area (Å²) >= 11 is 0. The Kier molecular flexibility index (Phi) is 3.63. The van der Waals surface area contributed by atoms with Gasteiger partial charge in [0.15, 0.2) is 17.3 Å². The summed E-state index contributed by atoms with van der Waals surface area (Å²) < 4.78 is 25.7. The van der Waals surface area contributed by atoms with E-state index in [1.165, 1.54) is 19.1 Å². The van der Waals surface area contributed by atoms with Crippen molar-refractivity contribution in [3.8, 4) is 5.75 Å². The van der Waals surface area contributed by atoms with Crippen molar-refractivity contribution in [2.45, 2.75) is 58.3 Å². The molecule has 3 nitrogen and oxygen atoms in total. The van der Waals surface area contributed by atoms with Crippen LogP contribution in [0, 0.1) is 5.82 Å². The molecule has 0 aliphatic carbocycles. The monoisotopic (exact) mass is 280 g/mol. The van der Waals surface area contributed by atoms with Crippen LogP contribution in [-0.4, -0.2) is 23.1 Å². The molecule has 1 atom stereocenters. The maximum atomic E-state index is 14.0. The highest BCUT2D eigenvalue weighted by atomic mass is 19.1. The lowest BCUT2D eigenvalue weighted by Crippen LogP contribution is -2.36. The number of Topliss-reactive ketones (excluding diaryl/α,β-unsaturated/α-hetero) is 1. The summed E-state index contributed by atoms with van der Waals surface area (Å²) in [6.07, 6.45) is 0.462. The molecule has 0 saturated carbocycles. The fourth-order valence-corrected chi connectivity index (χ4v) is 2.66. The number of hydrogen-bond acceptors (Lipinski definition) is 3. The van der Waals surface area contributed by atoms with E-state index in [1.54, 1.807) is 6.07 Å². The molecule has 1 aromatic carbocycles. The summed E-state index contributed by atoms with van der Waals surface area (Å²) in [6.45, 7) is 9.27. The molecule has 0 amide bonds. The first-order valence-electron chi connectivity index (χ1n) is 6.78. The predicted octanol–water partition coefficient (Wildman–Crippen LogP) is 3.75. The van der Waals surface area contributed by atoms with Crippen molar-refractivity contribution < 1.29 is 18.7 Å². The molecule has 0 aromatic heterocycles. The Morgan fingerprint density at radius 1 is 1.35 bits per heavy atom. The Balaban J connectivity index is 2.21. The molecule has 0 bridgehead atoms. The van der Waals surface area contributed by atoms with Crippen LogP contribution in [0.25, 0.3) is 0 Å². The minimum Gasteiger partial charge on any atom is -0.484 e. The van der Waals surface area contributed by atoms with E-state index in [9.17, 15) is 9.18 Å². The molecular formula is C16H21FO3. The second kappa shape index (κ2) is 4.85. The van der Waals surface area contributed by atoms with Gasteiger partial charge in [0.1, 0.15) is 11.7 Å². The van der Waals surface area contributed by atoms with E-state index >= 15 is 0 Å². The highest BCUT2D eigenvalue weighted by Crippen LogP contribution is 2.39. The van der Waals surface area contributed by atoms with Crippen LogP contribution in [0.5, 0.6) is 5.75 Å². The molecule has 110 valence electrons. The van der Waals surface area contributed by atoms with Crippen LogP contribution in [0.1, 0.15) is 51.4 Å². The Hall–Kier alpha value is -1.42. The van der Waals surface area contributed by atoms with Gasteiger partial charge in [0.05, 0.1) is 5.60 Å². The molecular weight excluding hydrogens is 259 g/mol. The van der Waals surface area contributed by atoms with Crippen molar-refractivity contribution in [2.75, 3.05) is 0 Å². The lowest BCUT2D eigenvalue weighted by Gasteiger charge is -2.27. The molecule has 4 heteroatoms. The van der Waals surface area contributed by atoms with Crippen LogP contribution in [0.3, 0.4) is 0 Å². The van der Waals surface area contributed by atoms with E-state index in [4.69, 9.17) is 9.47 Å². The normalized spacial score (nSPS) is 23.6. The molecule has 1 aliphatic heterocycles. The quantitative estimate of drug-likeness (QED) is 0.791. The Labute approximate surface area is 119 Å². The van der Waals surface area contributed by atoms with Gasteiger partial charge in [0.2, 0.25) is 0 Å². The molecule has 1 heterocycles. The average molecular weight is 280 g/mol. The number of carbonyl (C=O) groups excluding carboxylic acids is 1. The molecule has 1 fully saturated rings. The molecule has 1 saturated heterocycles. The van der Waals surface area contributed by atoms with Crippen LogP contribution >= 0.6 is 0 Å². The summed E-state index contributed by atoms with van der Waals surface area (Å²) in [5.74, 6) is -0.520. The topological polar surface area (TPSA) is 35.5 Å². The van der Waals surface area contributed by atoms with Crippen LogP contribution in [0.2, 0.25) is 0 Å². The highest BCUT2D eigenvalue weighted by Gasteiger charge is 2.47. The molecule has 0 radical (unpaired) electrons. The zero-order valence-electron chi connectivity index (χ0n) is 12.6. The fourth-order valence-electron chi connectivity index (χ4n) is 2.66. The third-order valence-electron chi connectivity index (χ3n) is 3.60.